The van der Waals surface area contributed by atoms with Gasteiger partial charge in [0.2, 0.25) is 0 Å². The fraction of sp³-hybridized carbons (Fsp3) is 0.350. The number of hydrogen-bond acceptors (Lipinski definition) is 5. The van der Waals surface area contributed by atoms with Gasteiger partial charge < -0.3 is 15.5 Å². The molecule has 0 unspecified atom stereocenters. The zero-order valence-corrected chi connectivity index (χ0v) is 19.1. The number of benzene rings is 1. The zero-order chi connectivity index (χ0) is 22.1. The molecular formula is C20H21BrClF3N4O2. The quantitative estimate of drug-likeness (QED) is 0.470. The lowest BCUT2D eigenvalue weighted by atomic mass is 10.0. The standard InChI is InChI=1S/C20H20BrF3N4O2.ClH/c1-10(17-27-18-14(19(29)28-17)8-12(21)9-26-18)6-7-30-16-13(11(2)25)4-3-5-15(16)20(22,23)24;/h3-5,8-11H,6-7,25H2,1-2H3,(H,26,27,28,29);1H/t10-,11-;/m1./s1. The molecule has 1 aromatic carbocycles. The van der Waals surface area contributed by atoms with Gasteiger partial charge in [0.15, 0.2) is 5.65 Å². The van der Waals surface area contributed by atoms with Crippen molar-refractivity contribution >= 4 is 39.4 Å². The van der Waals surface area contributed by atoms with E-state index < -0.39 is 17.8 Å². The molecule has 0 spiro atoms. The Hall–Kier alpha value is -2.17. The second-order valence-electron chi connectivity index (χ2n) is 7.02. The summed E-state index contributed by atoms with van der Waals surface area (Å²) in [5.41, 5.74) is 5.20. The van der Waals surface area contributed by atoms with Crippen molar-refractivity contribution in [2.24, 2.45) is 5.73 Å². The van der Waals surface area contributed by atoms with Crippen LogP contribution in [0.2, 0.25) is 0 Å². The molecule has 2 atom stereocenters. The molecule has 0 amide bonds. The van der Waals surface area contributed by atoms with Crippen molar-refractivity contribution in [2.45, 2.75) is 38.4 Å². The molecule has 3 rings (SSSR count). The molecule has 0 saturated carbocycles. The number of pyridine rings is 1. The first-order chi connectivity index (χ1) is 14.1. The molecule has 168 valence electrons. The van der Waals surface area contributed by atoms with Crippen molar-refractivity contribution < 1.29 is 17.9 Å². The summed E-state index contributed by atoms with van der Waals surface area (Å²) in [7, 11) is 0. The molecule has 6 nitrogen and oxygen atoms in total. The lowest BCUT2D eigenvalue weighted by Gasteiger charge is -2.20. The number of rotatable bonds is 6. The van der Waals surface area contributed by atoms with E-state index in [1.54, 1.807) is 19.9 Å². The predicted octanol–water partition coefficient (Wildman–Crippen LogP) is 5.11. The smallest absolute Gasteiger partial charge is 0.419 e. The van der Waals surface area contributed by atoms with Crippen molar-refractivity contribution in [3.63, 3.8) is 0 Å². The topological polar surface area (TPSA) is 93.9 Å². The van der Waals surface area contributed by atoms with Crippen molar-refractivity contribution in [3.05, 3.63) is 62.2 Å². The summed E-state index contributed by atoms with van der Waals surface area (Å²) >= 11 is 3.26. The van der Waals surface area contributed by atoms with Crippen LogP contribution in [-0.4, -0.2) is 21.6 Å². The van der Waals surface area contributed by atoms with E-state index in [-0.39, 0.29) is 41.8 Å². The Bertz CT molecular complexity index is 1120. The van der Waals surface area contributed by atoms with Gasteiger partial charge in [-0.1, -0.05) is 19.1 Å². The Morgan fingerprint density at radius 2 is 2.00 bits per heavy atom. The van der Waals surface area contributed by atoms with Crippen LogP contribution in [0.1, 0.15) is 49.2 Å². The average Bonchev–Trinajstić information content (AvgIpc) is 2.67. The Morgan fingerprint density at radius 3 is 2.65 bits per heavy atom. The summed E-state index contributed by atoms with van der Waals surface area (Å²) in [6.07, 6.45) is -2.69. The number of nitrogens with zero attached hydrogens (tertiary/aromatic N) is 2. The normalized spacial score (nSPS) is 13.5. The molecular weight excluding hydrogens is 501 g/mol. The molecule has 3 N–H and O–H groups in total. The number of nitrogens with two attached hydrogens (primary N) is 1. The first-order valence-corrected chi connectivity index (χ1v) is 10.0. The van der Waals surface area contributed by atoms with Crippen LogP contribution in [0.3, 0.4) is 0 Å². The summed E-state index contributed by atoms with van der Waals surface area (Å²) in [6.45, 7) is 3.39. The first kappa shape index (κ1) is 25.1. The van der Waals surface area contributed by atoms with E-state index in [1.165, 1.54) is 18.3 Å². The predicted molar refractivity (Wildman–Crippen MR) is 118 cm³/mol. The SMILES string of the molecule is C[C@H](CCOc1c([C@@H](C)N)cccc1C(F)(F)F)c1nc2ncc(Br)cc2c(=O)[nH]1.Cl. The van der Waals surface area contributed by atoms with E-state index >= 15 is 0 Å². The van der Waals surface area contributed by atoms with Crippen LogP contribution in [0.15, 0.2) is 39.7 Å². The van der Waals surface area contributed by atoms with Gasteiger partial charge in [0.05, 0.1) is 17.6 Å². The highest BCUT2D eigenvalue weighted by atomic mass is 79.9. The second-order valence-corrected chi connectivity index (χ2v) is 7.94. The highest BCUT2D eigenvalue weighted by Crippen LogP contribution is 2.40. The van der Waals surface area contributed by atoms with E-state index in [9.17, 15) is 18.0 Å². The molecule has 0 aliphatic heterocycles. The fourth-order valence-electron chi connectivity index (χ4n) is 3.02. The summed E-state index contributed by atoms with van der Waals surface area (Å²) in [6, 6.07) is 4.80. The Balaban J connectivity index is 0.00000341. The minimum Gasteiger partial charge on any atom is -0.493 e. The van der Waals surface area contributed by atoms with Gasteiger partial charge >= 0.3 is 6.18 Å². The van der Waals surface area contributed by atoms with Gasteiger partial charge in [0.1, 0.15) is 11.6 Å². The third kappa shape index (κ3) is 5.75. The maximum absolute atomic E-state index is 13.4. The number of hydrogen-bond donors (Lipinski definition) is 2. The van der Waals surface area contributed by atoms with E-state index in [4.69, 9.17) is 10.5 Å². The number of alkyl halides is 3. The average molecular weight is 522 g/mol. The number of H-pyrrole nitrogens is 1. The molecule has 2 heterocycles. The number of aromatic amines is 1. The van der Waals surface area contributed by atoms with E-state index in [0.29, 0.717) is 27.8 Å². The molecule has 0 saturated heterocycles. The van der Waals surface area contributed by atoms with Gasteiger partial charge in [0.25, 0.3) is 5.56 Å². The van der Waals surface area contributed by atoms with E-state index in [2.05, 4.69) is 30.9 Å². The van der Waals surface area contributed by atoms with Crippen LogP contribution in [0, 0.1) is 0 Å². The van der Waals surface area contributed by atoms with Crippen LogP contribution in [0.5, 0.6) is 5.75 Å². The maximum atomic E-state index is 13.4. The van der Waals surface area contributed by atoms with Crippen molar-refractivity contribution in [1.82, 2.24) is 15.0 Å². The van der Waals surface area contributed by atoms with Crippen LogP contribution >= 0.6 is 28.3 Å². The van der Waals surface area contributed by atoms with Crippen LogP contribution in [0.25, 0.3) is 11.0 Å². The van der Waals surface area contributed by atoms with Crippen molar-refractivity contribution in [1.29, 1.82) is 0 Å². The Morgan fingerprint density at radius 1 is 1.29 bits per heavy atom. The van der Waals surface area contributed by atoms with Crippen molar-refractivity contribution in [3.8, 4) is 5.75 Å². The summed E-state index contributed by atoms with van der Waals surface area (Å²) < 4.78 is 46.3. The molecule has 0 aliphatic carbocycles. The number of fused-ring (bicyclic) bond motifs is 1. The fourth-order valence-corrected chi connectivity index (χ4v) is 3.35. The highest BCUT2D eigenvalue weighted by Gasteiger charge is 2.35. The molecule has 0 aliphatic rings. The molecule has 0 radical (unpaired) electrons. The molecule has 0 bridgehead atoms. The molecule has 31 heavy (non-hydrogen) atoms. The lowest BCUT2D eigenvalue weighted by Crippen LogP contribution is -2.17. The van der Waals surface area contributed by atoms with Gasteiger partial charge in [-0.05, 0) is 41.4 Å². The van der Waals surface area contributed by atoms with Crippen LogP contribution < -0.4 is 16.0 Å². The number of ether oxygens (including phenoxy) is 1. The largest absolute Gasteiger partial charge is 0.493 e. The molecule has 2 aromatic heterocycles. The van der Waals surface area contributed by atoms with Gasteiger partial charge in [-0.2, -0.15) is 13.2 Å². The monoisotopic (exact) mass is 520 g/mol. The van der Waals surface area contributed by atoms with Crippen LogP contribution in [0.4, 0.5) is 13.2 Å². The second kappa shape index (κ2) is 9.97. The maximum Gasteiger partial charge on any atom is 0.419 e. The minimum atomic E-state index is -4.56. The molecule has 11 heteroatoms. The summed E-state index contributed by atoms with van der Waals surface area (Å²) in [5.74, 6) is -0.148. The number of halogens is 5. The van der Waals surface area contributed by atoms with Crippen LogP contribution in [-0.2, 0) is 6.18 Å². The summed E-state index contributed by atoms with van der Waals surface area (Å²) in [5, 5.41) is 0.345. The number of para-hydroxylation sites is 1. The van der Waals surface area contributed by atoms with E-state index in [0.717, 1.165) is 6.07 Å². The number of aromatic nitrogens is 3. The van der Waals surface area contributed by atoms with Gasteiger partial charge in [0, 0.05) is 28.2 Å². The molecule has 3 aromatic rings. The highest BCUT2D eigenvalue weighted by molar-refractivity contribution is 9.10. The third-order valence-corrected chi connectivity index (χ3v) is 5.09. The van der Waals surface area contributed by atoms with E-state index in [1.807, 2.05) is 0 Å². The first-order valence-electron chi connectivity index (χ1n) is 9.22. The number of nitrogens with one attached hydrogen (secondary N) is 1. The van der Waals surface area contributed by atoms with Gasteiger partial charge in [-0.15, -0.1) is 12.4 Å². The minimum absolute atomic E-state index is 0. The lowest BCUT2D eigenvalue weighted by molar-refractivity contribution is -0.139. The van der Waals surface area contributed by atoms with Gasteiger partial charge in [-0.3, -0.25) is 4.79 Å². The summed E-state index contributed by atoms with van der Waals surface area (Å²) in [4.78, 5) is 23.5. The molecule has 0 fully saturated rings. The Labute approximate surface area is 191 Å². The third-order valence-electron chi connectivity index (χ3n) is 4.65. The zero-order valence-electron chi connectivity index (χ0n) is 16.7. The van der Waals surface area contributed by atoms with Gasteiger partial charge in [-0.25, -0.2) is 9.97 Å². The van der Waals surface area contributed by atoms with Crippen molar-refractivity contribution in [2.75, 3.05) is 6.61 Å². The Kier molecular flexibility index (Phi) is 8.07.